The topological polar surface area (TPSA) is 21.3 Å². The maximum Gasteiger partial charge on any atom is 0.123 e. The van der Waals surface area contributed by atoms with E-state index in [0.29, 0.717) is 0 Å². The highest BCUT2D eigenvalue weighted by atomic mass is 35.5. The zero-order chi connectivity index (χ0) is 10.6. The van der Waals surface area contributed by atoms with Crippen molar-refractivity contribution in [2.24, 2.45) is 0 Å². The van der Waals surface area contributed by atoms with Crippen LogP contribution in [0.5, 0.6) is 5.75 Å². The van der Waals surface area contributed by atoms with E-state index in [1.807, 2.05) is 20.0 Å². The van der Waals surface area contributed by atoms with Crippen molar-refractivity contribution in [2.45, 2.75) is 13.3 Å². The number of hydrogen-bond donors (Lipinski definition) is 1. The van der Waals surface area contributed by atoms with Gasteiger partial charge in [0.1, 0.15) is 5.75 Å². The van der Waals surface area contributed by atoms with Gasteiger partial charge in [0.25, 0.3) is 0 Å². The minimum Gasteiger partial charge on any atom is -0.496 e. The largest absolute Gasteiger partial charge is 0.496 e. The fourth-order valence-corrected chi connectivity index (χ4v) is 1.52. The van der Waals surface area contributed by atoms with Crippen molar-refractivity contribution in [1.29, 1.82) is 0 Å². The maximum absolute atomic E-state index is 6.00. The Morgan fingerprint density at radius 2 is 2.14 bits per heavy atom. The summed E-state index contributed by atoms with van der Waals surface area (Å²) in [6, 6.07) is 3.96. The van der Waals surface area contributed by atoms with Crippen molar-refractivity contribution in [3.63, 3.8) is 0 Å². The lowest BCUT2D eigenvalue weighted by molar-refractivity contribution is 0.409. The summed E-state index contributed by atoms with van der Waals surface area (Å²) in [5.41, 5.74) is 2.29. The summed E-state index contributed by atoms with van der Waals surface area (Å²) in [5.74, 6) is 0.871. The predicted molar refractivity (Wildman–Crippen MR) is 60.4 cm³/mol. The second-order valence-corrected chi connectivity index (χ2v) is 3.67. The number of methoxy groups -OCH3 is 1. The van der Waals surface area contributed by atoms with E-state index < -0.39 is 0 Å². The summed E-state index contributed by atoms with van der Waals surface area (Å²) in [6.45, 7) is 2.95. The van der Waals surface area contributed by atoms with E-state index in [2.05, 4.69) is 11.4 Å². The molecule has 1 N–H and O–H groups in total. The van der Waals surface area contributed by atoms with Crippen molar-refractivity contribution in [1.82, 2.24) is 5.32 Å². The van der Waals surface area contributed by atoms with Gasteiger partial charge in [0.2, 0.25) is 0 Å². The lowest BCUT2D eigenvalue weighted by atomic mass is 10.1. The normalized spacial score (nSPS) is 10.3. The summed E-state index contributed by atoms with van der Waals surface area (Å²) in [6.07, 6.45) is 0.956. The molecule has 0 amide bonds. The van der Waals surface area contributed by atoms with Crippen LogP contribution in [0.15, 0.2) is 12.1 Å². The highest BCUT2D eigenvalue weighted by Crippen LogP contribution is 2.26. The standard InChI is InChI=1S/C11H16ClNO/c1-8-6-9(4-5-13-2)11(14-3)7-10(8)12/h6-7,13H,4-5H2,1-3H3. The number of benzene rings is 1. The van der Waals surface area contributed by atoms with Crippen molar-refractivity contribution in [3.8, 4) is 5.75 Å². The summed E-state index contributed by atoms with van der Waals surface area (Å²) < 4.78 is 5.27. The first-order valence-electron chi connectivity index (χ1n) is 4.66. The molecular formula is C11H16ClNO. The molecule has 0 spiro atoms. The zero-order valence-electron chi connectivity index (χ0n) is 8.86. The molecule has 0 aliphatic carbocycles. The molecule has 2 nitrogen and oxygen atoms in total. The first kappa shape index (κ1) is 11.3. The van der Waals surface area contributed by atoms with Crippen molar-refractivity contribution < 1.29 is 4.74 Å². The lowest BCUT2D eigenvalue weighted by Gasteiger charge is -2.10. The third-order valence-corrected chi connectivity index (χ3v) is 2.61. The van der Waals surface area contributed by atoms with Crippen LogP contribution < -0.4 is 10.1 Å². The van der Waals surface area contributed by atoms with Crippen LogP contribution in [0.2, 0.25) is 5.02 Å². The Morgan fingerprint density at radius 3 is 2.71 bits per heavy atom. The number of hydrogen-bond acceptors (Lipinski definition) is 2. The molecule has 0 bridgehead atoms. The molecule has 0 atom stereocenters. The van der Waals surface area contributed by atoms with Gasteiger partial charge in [-0.3, -0.25) is 0 Å². The monoisotopic (exact) mass is 213 g/mol. The third kappa shape index (κ3) is 2.63. The van der Waals surface area contributed by atoms with Crippen molar-refractivity contribution in [2.75, 3.05) is 20.7 Å². The predicted octanol–water partition coefficient (Wildman–Crippen LogP) is 2.42. The van der Waals surface area contributed by atoms with E-state index >= 15 is 0 Å². The molecule has 78 valence electrons. The molecule has 0 saturated carbocycles. The van der Waals surface area contributed by atoms with Gasteiger partial charge in [-0.2, -0.15) is 0 Å². The van der Waals surface area contributed by atoms with Crippen LogP contribution in [0, 0.1) is 6.92 Å². The van der Waals surface area contributed by atoms with Crippen LogP contribution in [0.25, 0.3) is 0 Å². The minimum absolute atomic E-state index is 0.759. The number of rotatable bonds is 4. The van der Waals surface area contributed by atoms with Gasteiger partial charge < -0.3 is 10.1 Å². The number of aryl methyl sites for hydroxylation is 1. The number of halogens is 1. The summed E-state index contributed by atoms with van der Waals surface area (Å²) in [4.78, 5) is 0. The zero-order valence-corrected chi connectivity index (χ0v) is 9.61. The summed E-state index contributed by atoms with van der Waals surface area (Å²) in [5, 5.41) is 3.87. The Hall–Kier alpha value is -0.730. The molecule has 0 aromatic heterocycles. The molecule has 0 unspecified atom stereocenters. The Kier molecular flexibility index (Phi) is 4.23. The highest BCUT2D eigenvalue weighted by Gasteiger charge is 2.05. The van der Waals surface area contributed by atoms with Gasteiger partial charge in [-0.1, -0.05) is 17.7 Å². The Morgan fingerprint density at radius 1 is 1.43 bits per heavy atom. The number of ether oxygens (including phenoxy) is 1. The van der Waals surface area contributed by atoms with E-state index in [0.717, 1.165) is 29.3 Å². The lowest BCUT2D eigenvalue weighted by Crippen LogP contribution is -2.11. The van der Waals surface area contributed by atoms with Gasteiger partial charge in [0, 0.05) is 5.02 Å². The summed E-state index contributed by atoms with van der Waals surface area (Å²) in [7, 11) is 3.61. The first-order valence-corrected chi connectivity index (χ1v) is 5.04. The van der Waals surface area contributed by atoms with Gasteiger partial charge in [0.15, 0.2) is 0 Å². The van der Waals surface area contributed by atoms with Crippen LogP contribution >= 0.6 is 11.6 Å². The van der Waals surface area contributed by atoms with Gasteiger partial charge >= 0.3 is 0 Å². The minimum atomic E-state index is 0.759. The van der Waals surface area contributed by atoms with Gasteiger partial charge in [-0.05, 0) is 44.1 Å². The second kappa shape index (κ2) is 5.23. The molecule has 14 heavy (non-hydrogen) atoms. The van der Waals surface area contributed by atoms with Gasteiger partial charge in [-0.25, -0.2) is 0 Å². The fourth-order valence-electron chi connectivity index (χ4n) is 1.37. The Bertz CT molecular complexity index is 312. The molecule has 0 radical (unpaired) electrons. The molecule has 0 saturated heterocycles. The smallest absolute Gasteiger partial charge is 0.123 e. The molecule has 0 fully saturated rings. The maximum atomic E-state index is 6.00. The molecule has 0 aliphatic rings. The quantitative estimate of drug-likeness (QED) is 0.830. The van der Waals surface area contributed by atoms with Crippen LogP contribution in [0.4, 0.5) is 0 Å². The molecule has 3 heteroatoms. The molecule has 1 aromatic carbocycles. The molecule has 0 heterocycles. The summed E-state index contributed by atoms with van der Waals surface area (Å²) >= 11 is 6.00. The average Bonchev–Trinajstić information content (AvgIpc) is 2.19. The molecule has 1 rings (SSSR count). The van der Waals surface area contributed by atoms with Crippen LogP contribution in [0.1, 0.15) is 11.1 Å². The second-order valence-electron chi connectivity index (χ2n) is 3.27. The van der Waals surface area contributed by atoms with Crippen LogP contribution in [-0.2, 0) is 6.42 Å². The van der Waals surface area contributed by atoms with E-state index in [1.54, 1.807) is 7.11 Å². The first-order chi connectivity index (χ1) is 6.69. The van der Waals surface area contributed by atoms with E-state index in [9.17, 15) is 0 Å². The van der Waals surface area contributed by atoms with E-state index in [1.165, 1.54) is 5.56 Å². The highest BCUT2D eigenvalue weighted by molar-refractivity contribution is 6.31. The Balaban J connectivity index is 2.95. The van der Waals surface area contributed by atoms with Crippen molar-refractivity contribution >= 4 is 11.6 Å². The van der Waals surface area contributed by atoms with Gasteiger partial charge in [0.05, 0.1) is 7.11 Å². The number of nitrogens with one attached hydrogen (secondary N) is 1. The SMILES string of the molecule is CNCCc1cc(C)c(Cl)cc1OC. The molecular weight excluding hydrogens is 198 g/mol. The van der Waals surface area contributed by atoms with Crippen LogP contribution in [-0.4, -0.2) is 20.7 Å². The third-order valence-electron chi connectivity index (χ3n) is 2.21. The fraction of sp³-hybridized carbons (Fsp3) is 0.455. The van der Waals surface area contributed by atoms with Gasteiger partial charge in [-0.15, -0.1) is 0 Å². The average molecular weight is 214 g/mol. The van der Waals surface area contributed by atoms with E-state index in [-0.39, 0.29) is 0 Å². The van der Waals surface area contributed by atoms with E-state index in [4.69, 9.17) is 16.3 Å². The van der Waals surface area contributed by atoms with Crippen LogP contribution in [0.3, 0.4) is 0 Å². The molecule has 0 aliphatic heterocycles. The molecule has 1 aromatic rings. The Labute approximate surface area is 90.2 Å². The van der Waals surface area contributed by atoms with Crippen molar-refractivity contribution in [3.05, 3.63) is 28.3 Å². The number of likely N-dealkylation sites (N-methyl/N-ethyl adjacent to an activating group) is 1.